The molecule has 1 unspecified atom stereocenters. The molecule has 9 heteroatoms. The summed E-state index contributed by atoms with van der Waals surface area (Å²) in [6.45, 7) is 4.77. The van der Waals surface area contributed by atoms with Crippen LogP contribution < -0.4 is 15.4 Å². The summed E-state index contributed by atoms with van der Waals surface area (Å²) in [6, 6.07) is 1.20. The lowest BCUT2D eigenvalue weighted by molar-refractivity contribution is 0.242. The second-order valence-corrected chi connectivity index (χ2v) is 8.46. The van der Waals surface area contributed by atoms with Crippen LogP contribution in [0.1, 0.15) is 39.0 Å². The fourth-order valence-corrected chi connectivity index (χ4v) is 4.00. The molecule has 142 valence electrons. The molecule has 1 heterocycles. The van der Waals surface area contributed by atoms with Crippen molar-refractivity contribution in [2.24, 2.45) is 4.99 Å². The monoisotopic (exact) mass is 473 g/mol. The van der Waals surface area contributed by atoms with Crippen molar-refractivity contribution in [2.75, 3.05) is 39.0 Å². The summed E-state index contributed by atoms with van der Waals surface area (Å²) in [6.07, 6.45) is 6.57. The molecule has 2 rings (SSSR count). The van der Waals surface area contributed by atoms with E-state index in [1.807, 2.05) is 0 Å². The Morgan fingerprint density at radius 2 is 1.92 bits per heavy atom. The maximum absolute atomic E-state index is 11.4. The molecule has 1 saturated heterocycles. The Balaban J connectivity index is 0.00000288. The Kier molecular flexibility index (Phi) is 9.83. The number of guanidine groups is 1. The zero-order valence-electron chi connectivity index (χ0n) is 14.8. The molecule has 1 saturated carbocycles. The fourth-order valence-electron chi connectivity index (χ4n) is 3.38. The third-order valence-electron chi connectivity index (χ3n) is 4.74. The number of aliphatic imine (C=N–C) groups is 1. The molecule has 24 heavy (non-hydrogen) atoms. The van der Waals surface area contributed by atoms with Gasteiger partial charge in [-0.15, -0.1) is 24.0 Å². The zero-order chi connectivity index (χ0) is 16.7. The fraction of sp³-hybridized carbons (Fsp3) is 0.933. The average molecular weight is 473 g/mol. The van der Waals surface area contributed by atoms with Gasteiger partial charge in [0.2, 0.25) is 10.0 Å². The number of nitrogens with zero attached hydrogens (tertiary/aromatic N) is 2. The van der Waals surface area contributed by atoms with Crippen LogP contribution in [0.5, 0.6) is 0 Å². The Bertz CT molecular complexity index is 494. The third kappa shape index (κ3) is 7.01. The first-order valence-electron chi connectivity index (χ1n) is 8.72. The van der Waals surface area contributed by atoms with Crippen LogP contribution in [-0.2, 0) is 10.0 Å². The molecule has 0 bridgehead atoms. The van der Waals surface area contributed by atoms with E-state index in [4.69, 9.17) is 0 Å². The first kappa shape index (κ1) is 21.9. The highest BCUT2D eigenvalue weighted by Gasteiger charge is 2.30. The molecular weight excluding hydrogens is 441 g/mol. The van der Waals surface area contributed by atoms with E-state index in [0.717, 1.165) is 31.5 Å². The normalized spacial score (nSPS) is 23.2. The molecule has 0 aromatic heterocycles. The molecule has 1 aliphatic carbocycles. The van der Waals surface area contributed by atoms with Gasteiger partial charge in [-0.3, -0.25) is 9.89 Å². The van der Waals surface area contributed by atoms with Crippen LogP contribution in [0.3, 0.4) is 0 Å². The largest absolute Gasteiger partial charge is 0.355 e. The van der Waals surface area contributed by atoms with Gasteiger partial charge in [-0.05, 0) is 26.2 Å². The van der Waals surface area contributed by atoms with Gasteiger partial charge in [0, 0.05) is 45.3 Å². The molecule has 0 amide bonds. The summed E-state index contributed by atoms with van der Waals surface area (Å²) in [5.41, 5.74) is 0. The van der Waals surface area contributed by atoms with Crippen LogP contribution in [0.2, 0.25) is 0 Å². The highest BCUT2D eigenvalue weighted by Crippen LogP contribution is 2.26. The zero-order valence-corrected chi connectivity index (χ0v) is 17.9. The molecule has 1 atom stereocenters. The summed E-state index contributed by atoms with van der Waals surface area (Å²) in [4.78, 5) is 6.83. The van der Waals surface area contributed by atoms with Crippen molar-refractivity contribution in [3.63, 3.8) is 0 Å². The van der Waals surface area contributed by atoms with Crippen LogP contribution in [0, 0.1) is 0 Å². The maximum atomic E-state index is 11.4. The number of rotatable bonds is 7. The molecule has 0 radical (unpaired) electrons. The van der Waals surface area contributed by atoms with E-state index in [0.29, 0.717) is 19.1 Å². The Hall–Kier alpha value is -0.130. The minimum Gasteiger partial charge on any atom is -0.355 e. The van der Waals surface area contributed by atoms with E-state index in [1.54, 1.807) is 14.0 Å². The van der Waals surface area contributed by atoms with Crippen LogP contribution in [0.25, 0.3) is 0 Å². The van der Waals surface area contributed by atoms with Gasteiger partial charge in [-0.25, -0.2) is 13.1 Å². The van der Waals surface area contributed by atoms with Crippen LogP contribution in [0.15, 0.2) is 4.99 Å². The van der Waals surface area contributed by atoms with Gasteiger partial charge in [0.25, 0.3) is 0 Å². The van der Waals surface area contributed by atoms with Crippen molar-refractivity contribution in [3.8, 4) is 0 Å². The quantitative estimate of drug-likeness (QED) is 0.220. The number of nitrogens with one attached hydrogen (secondary N) is 3. The lowest BCUT2D eigenvalue weighted by atomic mass is 10.2. The summed E-state index contributed by atoms with van der Waals surface area (Å²) >= 11 is 0. The van der Waals surface area contributed by atoms with Crippen molar-refractivity contribution in [2.45, 2.75) is 51.1 Å². The van der Waals surface area contributed by atoms with E-state index < -0.39 is 10.0 Å². The van der Waals surface area contributed by atoms with Crippen LogP contribution in [0.4, 0.5) is 0 Å². The van der Waals surface area contributed by atoms with Gasteiger partial charge in [0.05, 0.1) is 5.75 Å². The van der Waals surface area contributed by atoms with Crippen molar-refractivity contribution < 1.29 is 8.42 Å². The van der Waals surface area contributed by atoms with Gasteiger partial charge in [0.1, 0.15) is 0 Å². The van der Waals surface area contributed by atoms with E-state index in [1.165, 1.54) is 25.7 Å². The second-order valence-electron chi connectivity index (χ2n) is 6.36. The molecule has 2 fully saturated rings. The highest BCUT2D eigenvalue weighted by atomic mass is 127. The van der Waals surface area contributed by atoms with Gasteiger partial charge in [0.15, 0.2) is 5.96 Å². The van der Waals surface area contributed by atoms with Gasteiger partial charge < -0.3 is 10.6 Å². The van der Waals surface area contributed by atoms with Gasteiger partial charge in [-0.1, -0.05) is 12.8 Å². The SMILES string of the molecule is CCS(=O)(=O)NCCNC(=NC)NC1CCN(C2CCCC2)C1.I. The predicted octanol–water partition coefficient (Wildman–Crippen LogP) is 0.726. The number of sulfonamides is 1. The van der Waals surface area contributed by atoms with E-state index in [-0.39, 0.29) is 29.7 Å². The number of hydrogen-bond acceptors (Lipinski definition) is 4. The number of hydrogen-bond donors (Lipinski definition) is 3. The molecule has 0 aromatic carbocycles. The molecule has 0 spiro atoms. The molecule has 3 N–H and O–H groups in total. The van der Waals surface area contributed by atoms with Crippen molar-refractivity contribution in [3.05, 3.63) is 0 Å². The highest BCUT2D eigenvalue weighted by molar-refractivity contribution is 14.0. The van der Waals surface area contributed by atoms with Gasteiger partial charge in [-0.2, -0.15) is 0 Å². The maximum Gasteiger partial charge on any atom is 0.211 e. The second kappa shape index (κ2) is 10.8. The number of likely N-dealkylation sites (tertiary alicyclic amines) is 1. The molecule has 1 aliphatic heterocycles. The predicted molar refractivity (Wildman–Crippen MR) is 110 cm³/mol. The lowest BCUT2D eigenvalue weighted by Gasteiger charge is -2.24. The van der Waals surface area contributed by atoms with Crippen LogP contribution >= 0.6 is 24.0 Å². The van der Waals surface area contributed by atoms with Crippen molar-refractivity contribution >= 4 is 40.0 Å². The van der Waals surface area contributed by atoms with Crippen molar-refractivity contribution in [1.82, 2.24) is 20.3 Å². The summed E-state index contributed by atoms with van der Waals surface area (Å²) in [7, 11) is -1.37. The Morgan fingerprint density at radius 1 is 1.21 bits per heavy atom. The number of halogens is 1. The molecule has 0 aromatic rings. The lowest BCUT2D eigenvalue weighted by Crippen LogP contribution is -2.47. The topological polar surface area (TPSA) is 85.8 Å². The van der Waals surface area contributed by atoms with Crippen molar-refractivity contribution in [1.29, 1.82) is 0 Å². The Labute approximate surface area is 163 Å². The minimum absolute atomic E-state index is 0. The van der Waals surface area contributed by atoms with Crippen LogP contribution in [-0.4, -0.2) is 70.3 Å². The molecular formula is C15H32IN5O2S. The first-order chi connectivity index (χ1) is 11.0. The van der Waals surface area contributed by atoms with E-state index in [9.17, 15) is 8.42 Å². The summed E-state index contributed by atoms with van der Waals surface area (Å²) < 4.78 is 25.3. The Morgan fingerprint density at radius 3 is 2.54 bits per heavy atom. The summed E-state index contributed by atoms with van der Waals surface area (Å²) in [5, 5.41) is 6.62. The van der Waals surface area contributed by atoms with Gasteiger partial charge >= 0.3 is 0 Å². The standard InChI is InChI=1S/C15H31N5O2S.HI/c1-3-23(21,22)18-10-9-17-15(16-2)19-13-8-11-20(12-13)14-6-4-5-7-14;/h13-14,18H,3-12H2,1-2H3,(H2,16,17,19);1H. The first-order valence-corrected chi connectivity index (χ1v) is 10.4. The minimum atomic E-state index is -3.12. The van der Waals surface area contributed by atoms with E-state index >= 15 is 0 Å². The van der Waals surface area contributed by atoms with E-state index in [2.05, 4.69) is 25.2 Å². The smallest absolute Gasteiger partial charge is 0.211 e. The summed E-state index contributed by atoms with van der Waals surface area (Å²) in [5.74, 6) is 0.859. The average Bonchev–Trinajstić information content (AvgIpc) is 3.21. The molecule has 7 nitrogen and oxygen atoms in total. The third-order valence-corrected chi connectivity index (χ3v) is 6.15. The molecule has 2 aliphatic rings.